The number of nitrogens with zero attached hydrogens (tertiary/aromatic N) is 2. The van der Waals surface area contributed by atoms with Crippen molar-refractivity contribution in [3.05, 3.63) is 95.6 Å². The Morgan fingerprint density at radius 3 is 2.29 bits per heavy atom. The Morgan fingerprint density at radius 1 is 0.952 bits per heavy atom. The van der Waals surface area contributed by atoms with E-state index in [4.69, 9.17) is 4.74 Å². The summed E-state index contributed by atoms with van der Waals surface area (Å²) in [5.41, 5.74) is 3.27. The molecule has 0 aromatic heterocycles. The molecule has 3 rings (SSSR count). The van der Waals surface area contributed by atoms with Crippen LogP contribution >= 0.6 is 0 Å². The molecule has 2 atom stereocenters. The largest absolute Gasteiger partial charge is 0.497 e. The first-order valence-corrected chi connectivity index (χ1v) is 16.2. The van der Waals surface area contributed by atoms with Gasteiger partial charge in [-0.05, 0) is 67.6 Å². The SMILES string of the molecule is CC[C@@H](C)NC(=O)[C@H](Cc1ccccc1)N(Cc1cccc(OC)c1)C(=O)CCCN(c1cccc(C)c1)S(C)(=O)=O. The number of amides is 2. The number of rotatable bonds is 15. The fraction of sp³-hybridized carbons (Fsp3) is 0.394. The summed E-state index contributed by atoms with van der Waals surface area (Å²) < 4.78 is 32.0. The van der Waals surface area contributed by atoms with Crippen LogP contribution in [0.25, 0.3) is 0 Å². The van der Waals surface area contributed by atoms with Gasteiger partial charge in [0.05, 0.1) is 19.1 Å². The van der Waals surface area contributed by atoms with Crippen LogP contribution in [0.15, 0.2) is 78.9 Å². The molecule has 0 aliphatic heterocycles. The van der Waals surface area contributed by atoms with Gasteiger partial charge in [-0.25, -0.2) is 8.42 Å². The summed E-state index contributed by atoms with van der Waals surface area (Å²) in [4.78, 5) is 29.3. The molecule has 1 N–H and O–H groups in total. The van der Waals surface area contributed by atoms with Crippen LogP contribution in [0, 0.1) is 6.92 Å². The summed E-state index contributed by atoms with van der Waals surface area (Å²) in [6.45, 7) is 6.19. The van der Waals surface area contributed by atoms with Crippen LogP contribution < -0.4 is 14.4 Å². The van der Waals surface area contributed by atoms with Crippen LogP contribution in [0.2, 0.25) is 0 Å². The molecule has 226 valence electrons. The molecule has 0 saturated heterocycles. The quantitative estimate of drug-likeness (QED) is 0.264. The van der Waals surface area contributed by atoms with E-state index in [1.165, 1.54) is 10.6 Å². The maximum atomic E-state index is 14.0. The molecular formula is C33H43N3O5S. The van der Waals surface area contributed by atoms with Crippen molar-refractivity contribution < 1.29 is 22.7 Å². The summed E-state index contributed by atoms with van der Waals surface area (Å²) in [5, 5.41) is 3.07. The molecule has 8 nitrogen and oxygen atoms in total. The van der Waals surface area contributed by atoms with Gasteiger partial charge in [0.15, 0.2) is 0 Å². The smallest absolute Gasteiger partial charge is 0.243 e. The van der Waals surface area contributed by atoms with Gasteiger partial charge in [0.1, 0.15) is 11.8 Å². The van der Waals surface area contributed by atoms with Crippen LogP contribution in [-0.4, -0.2) is 57.1 Å². The number of hydrogen-bond donors (Lipinski definition) is 1. The number of carbonyl (C=O) groups is 2. The molecule has 0 aliphatic carbocycles. The van der Waals surface area contributed by atoms with Gasteiger partial charge in [0.2, 0.25) is 21.8 Å². The third-order valence-corrected chi connectivity index (χ3v) is 8.40. The number of hydrogen-bond acceptors (Lipinski definition) is 5. The number of sulfonamides is 1. The van der Waals surface area contributed by atoms with Crippen LogP contribution in [0.3, 0.4) is 0 Å². The number of carbonyl (C=O) groups excluding carboxylic acids is 2. The number of methoxy groups -OCH3 is 1. The van der Waals surface area contributed by atoms with Crippen molar-refractivity contribution in [2.45, 2.75) is 65.1 Å². The normalized spacial score (nSPS) is 12.7. The molecular weight excluding hydrogens is 550 g/mol. The first-order chi connectivity index (χ1) is 20.0. The number of aryl methyl sites for hydroxylation is 1. The highest BCUT2D eigenvalue weighted by molar-refractivity contribution is 7.92. The highest BCUT2D eigenvalue weighted by Crippen LogP contribution is 2.22. The lowest BCUT2D eigenvalue weighted by atomic mass is 10.0. The van der Waals surface area contributed by atoms with Gasteiger partial charge < -0.3 is 15.0 Å². The van der Waals surface area contributed by atoms with Crippen LogP contribution in [0.1, 0.15) is 49.8 Å². The molecule has 0 radical (unpaired) electrons. The zero-order valence-electron chi connectivity index (χ0n) is 25.2. The van der Waals surface area contributed by atoms with Crippen molar-refractivity contribution in [3.8, 4) is 5.75 Å². The molecule has 42 heavy (non-hydrogen) atoms. The first-order valence-electron chi connectivity index (χ1n) is 14.3. The highest BCUT2D eigenvalue weighted by Gasteiger charge is 2.31. The number of ether oxygens (including phenoxy) is 1. The maximum absolute atomic E-state index is 14.0. The van der Waals surface area contributed by atoms with Gasteiger partial charge in [-0.2, -0.15) is 0 Å². The second kappa shape index (κ2) is 15.4. The van der Waals surface area contributed by atoms with Crippen molar-refractivity contribution in [2.75, 3.05) is 24.2 Å². The Kier molecular flexibility index (Phi) is 12.0. The molecule has 0 bridgehead atoms. The van der Waals surface area contributed by atoms with Gasteiger partial charge in [-0.3, -0.25) is 13.9 Å². The third-order valence-electron chi connectivity index (χ3n) is 7.20. The zero-order valence-corrected chi connectivity index (χ0v) is 26.1. The molecule has 0 aliphatic rings. The number of benzene rings is 3. The Morgan fingerprint density at radius 2 is 1.64 bits per heavy atom. The van der Waals surface area contributed by atoms with Gasteiger partial charge in [-0.15, -0.1) is 0 Å². The molecule has 0 saturated carbocycles. The molecule has 0 unspecified atom stereocenters. The van der Waals surface area contributed by atoms with E-state index in [0.717, 1.165) is 23.1 Å². The molecule has 0 heterocycles. The van der Waals surface area contributed by atoms with Crippen molar-refractivity contribution >= 4 is 27.5 Å². The average Bonchev–Trinajstić information content (AvgIpc) is 2.96. The molecule has 3 aromatic carbocycles. The minimum Gasteiger partial charge on any atom is -0.497 e. The average molecular weight is 594 g/mol. The number of anilines is 1. The minimum atomic E-state index is -3.57. The topological polar surface area (TPSA) is 96.0 Å². The fourth-order valence-electron chi connectivity index (χ4n) is 4.75. The van der Waals surface area contributed by atoms with E-state index in [-0.39, 0.29) is 37.4 Å². The van der Waals surface area contributed by atoms with Gasteiger partial charge in [-0.1, -0.05) is 61.5 Å². The minimum absolute atomic E-state index is 0.0535. The summed E-state index contributed by atoms with van der Waals surface area (Å²) in [6, 6.07) is 23.6. The molecule has 3 aromatic rings. The molecule has 9 heteroatoms. The zero-order chi connectivity index (χ0) is 30.7. The van der Waals surface area contributed by atoms with Gasteiger partial charge in [0, 0.05) is 32.0 Å². The lowest BCUT2D eigenvalue weighted by Crippen LogP contribution is -2.52. The van der Waals surface area contributed by atoms with E-state index in [0.29, 0.717) is 24.3 Å². The summed E-state index contributed by atoms with van der Waals surface area (Å²) in [5.74, 6) is 0.211. The van der Waals surface area contributed by atoms with Crippen molar-refractivity contribution in [3.63, 3.8) is 0 Å². The van der Waals surface area contributed by atoms with Crippen LogP contribution in [0.5, 0.6) is 5.75 Å². The monoisotopic (exact) mass is 593 g/mol. The number of nitrogens with one attached hydrogen (secondary N) is 1. The molecule has 0 fully saturated rings. The van der Waals surface area contributed by atoms with E-state index in [1.807, 2.05) is 93.6 Å². The van der Waals surface area contributed by atoms with E-state index in [2.05, 4.69) is 5.32 Å². The fourth-order valence-corrected chi connectivity index (χ4v) is 5.71. The van der Waals surface area contributed by atoms with Crippen molar-refractivity contribution in [2.24, 2.45) is 0 Å². The predicted molar refractivity (Wildman–Crippen MR) is 168 cm³/mol. The summed E-state index contributed by atoms with van der Waals surface area (Å²) in [7, 11) is -1.98. The third kappa shape index (κ3) is 9.62. The Bertz CT molecular complexity index is 1430. The lowest BCUT2D eigenvalue weighted by Gasteiger charge is -2.33. The maximum Gasteiger partial charge on any atom is 0.243 e. The van der Waals surface area contributed by atoms with E-state index in [9.17, 15) is 18.0 Å². The summed E-state index contributed by atoms with van der Waals surface area (Å²) >= 11 is 0. The van der Waals surface area contributed by atoms with Gasteiger partial charge in [0.25, 0.3) is 0 Å². The Hall–Kier alpha value is -3.85. The van der Waals surface area contributed by atoms with Crippen LogP contribution in [0.4, 0.5) is 5.69 Å². The van der Waals surface area contributed by atoms with Crippen molar-refractivity contribution in [1.82, 2.24) is 10.2 Å². The summed E-state index contributed by atoms with van der Waals surface area (Å²) in [6.07, 6.45) is 2.63. The van der Waals surface area contributed by atoms with Crippen LogP contribution in [-0.2, 0) is 32.6 Å². The second-order valence-corrected chi connectivity index (χ2v) is 12.6. The Labute approximate surface area is 250 Å². The first kappa shape index (κ1) is 32.7. The Balaban J connectivity index is 1.91. The van der Waals surface area contributed by atoms with E-state index >= 15 is 0 Å². The van der Waals surface area contributed by atoms with Crippen molar-refractivity contribution in [1.29, 1.82) is 0 Å². The molecule has 2 amide bonds. The standard InChI is InChI=1S/C33H43N3O5S/c1-6-26(3)34-33(38)31(23-27-14-8-7-9-15-27)35(24-28-16-11-18-30(22-28)41-4)32(37)19-12-20-36(42(5,39)40)29-17-10-13-25(2)21-29/h7-11,13-18,21-22,26,31H,6,12,19-20,23-24H2,1-5H3,(H,34,38)/t26-,31+/m1/s1. The highest BCUT2D eigenvalue weighted by atomic mass is 32.2. The van der Waals surface area contributed by atoms with E-state index in [1.54, 1.807) is 18.1 Å². The second-order valence-electron chi connectivity index (χ2n) is 10.7. The van der Waals surface area contributed by atoms with Gasteiger partial charge >= 0.3 is 0 Å². The lowest BCUT2D eigenvalue weighted by molar-refractivity contribution is -0.141. The molecule has 0 spiro atoms. The van der Waals surface area contributed by atoms with E-state index < -0.39 is 16.1 Å². The predicted octanol–water partition coefficient (Wildman–Crippen LogP) is 5.10.